The first-order valence-electron chi connectivity index (χ1n) is 7.09. The number of aliphatic hydroxyl groups is 1. The molecule has 0 amide bonds. The van der Waals surface area contributed by atoms with Crippen molar-refractivity contribution in [3.8, 4) is 6.07 Å². The monoisotopic (exact) mass is 433 g/mol. The molecular weight excluding hydrogens is 422 g/mol. The fraction of sp³-hybridized carbons (Fsp3) is 0.167. The topological polar surface area (TPSA) is 53.2 Å². The lowest BCUT2D eigenvalue weighted by molar-refractivity contribution is -0.0545. The van der Waals surface area contributed by atoms with Gasteiger partial charge in [-0.3, -0.25) is 0 Å². The van der Waals surface area contributed by atoms with Crippen LogP contribution in [0.25, 0.3) is 5.76 Å². The second-order valence-electron chi connectivity index (χ2n) is 5.27. The predicted molar refractivity (Wildman–Crippen MR) is 95.3 cm³/mol. The van der Waals surface area contributed by atoms with Crippen molar-refractivity contribution in [2.24, 2.45) is 0 Å². The van der Waals surface area contributed by atoms with Gasteiger partial charge in [-0.25, -0.2) is 0 Å². The summed E-state index contributed by atoms with van der Waals surface area (Å²) in [7, 11) is 0. The second kappa shape index (κ2) is 6.88. The van der Waals surface area contributed by atoms with Gasteiger partial charge in [0.2, 0.25) is 0 Å². The average molecular weight is 435 g/mol. The molecule has 0 saturated carbocycles. The Hall–Kier alpha value is -1.61. The second-order valence-corrected chi connectivity index (χ2v) is 7.11. The lowest BCUT2D eigenvalue weighted by atomic mass is 9.85. The van der Waals surface area contributed by atoms with Crippen molar-refractivity contribution in [1.29, 1.82) is 5.26 Å². The molecule has 5 heteroatoms. The fourth-order valence-electron chi connectivity index (χ4n) is 2.68. The Kier molecular flexibility index (Phi) is 4.86. The summed E-state index contributed by atoms with van der Waals surface area (Å²) in [5, 5.41) is 19.8. The molecule has 0 spiro atoms. The molecule has 1 N–H and O–H groups in total. The number of halogens is 2. The third kappa shape index (κ3) is 3.50. The fourth-order valence-corrected chi connectivity index (χ4v) is 3.21. The highest BCUT2D eigenvalue weighted by Crippen LogP contribution is 2.40. The number of nitriles is 1. The molecule has 0 saturated heterocycles. The first-order chi connectivity index (χ1) is 11.1. The van der Waals surface area contributed by atoms with Gasteiger partial charge in [0.05, 0.1) is 11.6 Å². The van der Waals surface area contributed by atoms with Crippen LogP contribution in [-0.4, -0.2) is 11.4 Å². The molecule has 1 aliphatic heterocycles. The van der Waals surface area contributed by atoms with Gasteiger partial charge in [-0.1, -0.05) is 56.1 Å². The molecule has 0 aliphatic carbocycles. The molecule has 1 heterocycles. The van der Waals surface area contributed by atoms with Crippen LogP contribution in [0.15, 0.2) is 63.0 Å². The van der Waals surface area contributed by atoms with Crippen LogP contribution in [0.4, 0.5) is 0 Å². The summed E-state index contributed by atoms with van der Waals surface area (Å²) in [4.78, 5) is 0. The zero-order valence-corrected chi connectivity index (χ0v) is 15.2. The number of benzene rings is 2. The van der Waals surface area contributed by atoms with Gasteiger partial charge in [0.25, 0.3) is 0 Å². The molecule has 0 aromatic heterocycles. The Morgan fingerprint density at radius 3 is 2.13 bits per heavy atom. The quantitative estimate of drug-likeness (QED) is 0.725. The maximum Gasteiger partial charge on any atom is 0.198 e. The Labute approximate surface area is 151 Å². The molecule has 0 bridgehead atoms. The molecule has 0 fully saturated rings. The van der Waals surface area contributed by atoms with Crippen molar-refractivity contribution in [3.05, 3.63) is 74.2 Å². The minimum Gasteiger partial charge on any atom is -0.463 e. The molecule has 2 aromatic rings. The first kappa shape index (κ1) is 16.3. The Balaban J connectivity index is 2.09. The SMILES string of the molecule is N#CC1=C(c2ccc(Br)cc2)OC(O)C[C@H]1c1ccc(Br)cc1. The van der Waals surface area contributed by atoms with Gasteiger partial charge in [0.1, 0.15) is 5.76 Å². The van der Waals surface area contributed by atoms with E-state index in [4.69, 9.17) is 4.74 Å². The minimum absolute atomic E-state index is 0.185. The van der Waals surface area contributed by atoms with Crippen LogP contribution >= 0.6 is 31.9 Å². The molecule has 3 rings (SSSR count). The van der Waals surface area contributed by atoms with Gasteiger partial charge in [-0.2, -0.15) is 5.26 Å². The maximum atomic E-state index is 10.1. The predicted octanol–water partition coefficient (Wildman–Crippen LogP) is 4.97. The number of hydrogen-bond donors (Lipinski definition) is 1. The highest BCUT2D eigenvalue weighted by Gasteiger charge is 2.31. The van der Waals surface area contributed by atoms with E-state index in [1.807, 2.05) is 48.5 Å². The van der Waals surface area contributed by atoms with Crippen LogP contribution in [0.2, 0.25) is 0 Å². The summed E-state index contributed by atoms with van der Waals surface area (Å²) in [6.45, 7) is 0. The number of nitrogens with zero attached hydrogens (tertiary/aromatic N) is 1. The summed E-state index contributed by atoms with van der Waals surface area (Å²) < 4.78 is 7.50. The summed E-state index contributed by atoms with van der Waals surface area (Å²) in [6, 6.07) is 17.6. The van der Waals surface area contributed by atoms with Crippen LogP contribution in [0.5, 0.6) is 0 Å². The molecule has 116 valence electrons. The average Bonchev–Trinajstić information content (AvgIpc) is 2.55. The third-order valence-electron chi connectivity index (χ3n) is 3.78. The molecule has 2 atom stereocenters. The van der Waals surface area contributed by atoms with E-state index in [9.17, 15) is 10.4 Å². The lowest BCUT2D eigenvalue weighted by Gasteiger charge is -2.29. The Morgan fingerprint density at radius 2 is 1.57 bits per heavy atom. The third-order valence-corrected chi connectivity index (χ3v) is 4.84. The van der Waals surface area contributed by atoms with E-state index in [1.165, 1.54) is 0 Å². The zero-order chi connectivity index (χ0) is 16.4. The van der Waals surface area contributed by atoms with Gasteiger partial charge in [0.15, 0.2) is 6.29 Å². The molecular formula is C18H13Br2NO2. The smallest absolute Gasteiger partial charge is 0.198 e. The highest BCUT2D eigenvalue weighted by atomic mass is 79.9. The normalized spacial score (nSPS) is 20.8. The van der Waals surface area contributed by atoms with E-state index in [2.05, 4.69) is 37.9 Å². The number of ether oxygens (including phenoxy) is 1. The van der Waals surface area contributed by atoms with Crippen LogP contribution in [0.3, 0.4) is 0 Å². The van der Waals surface area contributed by atoms with Crippen LogP contribution in [0, 0.1) is 11.3 Å². The van der Waals surface area contributed by atoms with Crippen LogP contribution in [-0.2, 0) is 4.74 Å². The van der Waals surface area contributed by atoms with E-state index in [1.54, 1.807) is 0 Å². The van der Waals surface area contributed by atoms with Crippen molar-refractivity contribution in [3.63, 3.8) is 0 Å². The number of allylic oxidation sites excluding steroid dienone is 1. The summed E-state index contributed by atoms with van der Waals surface area (Å²) in [5.41, 5.74) is 2.31. The molecule has 23 heavy (non-hydrogen) atoms. The van der Waals surface area contributed by atoms with E-state index in [0.29, 0.717) is 17.8 Å². The number of aliphatic hydroxyl groups excluding tert-OH is 1. The molecule has 1 aliphatic rings. The van der Waals surface area contributed by atoms with Crippen molar-refractivity contribution in [2.75, 3.05) is 0 Å². The van der Waals surface area contributed by atoms with Crippen molar-refractivity contribution < 1.29 is 9.84 Å². The van der Waals surface area contributed by atoms with Crippen molar-refractivity contribution in [1.82, 2.24) is 0 Å². The molecule has 3 nitrogen and oxygen atoms in total. The minimum atomic E-state index is -0.931. The first-order valence-corrected chi connectivity index (χ1v) is 8.67. The lowest BCUT2D eigenvalue weighted by Crippen LogP contribution is -2.23. The van der Waals surface area contributed by atoms with Crippen molar-refractivity contribution >= 4 is 37.6 Å². The molecule has 2 aromatic carbocycles. The Morgan fingerprint density at radius 1 is 1.00 bits per heavy atom. The molecule has 0 radical (unpaired) electrons. The van der Waals surface area contributed by atoms with Gasteiger partial charge >= 0.3 is 0 Å². The van der Waals surface area contributed by atoms with Gasteiger partial charge < -0.3 is 9.84 Å². The zero-order valence-electron chi connectivity index (χ0n) is 12.0. The number of rotatable bonds is 2. The van der Waals surface area contributed by atoms with Gasteiger partial charge in [0, 0.05) is 26.8 Å². The van der Waals surface area contributed by atoms with Gasteiger partial charge in [-0.05, 0) is 29.8 Å². The van der Waals surface area contributed by atoms with Crippen molar-refractivity contribution in [2.45, 2.75) is 18.6 Å². The molecule has 1 unspecified atom stereocenters. The van der Waals surface area contributed by atoms with E-state index in [-0.39, 0.29) is 5.92 Å². The standard InChI is InChI=1S/C18H13Br2NO2/c19-13-5-1-11(2-6-13)15-9-17(22)23-18(16(15)10-21)12-3-7-14(20)8-4-12/h1-8,15,17,22H,9H2/t15-,17?/m0/s1. The summed E-state index contributed by atoms with van der Waals surface area (Å²) in [5.74, 6) is 0.266. The van der Waals surface area contributed by atoms with E-state index in [0.717, 1.165) is 20.1 Å². The summed E-state index contributed by atoms with van der Waals surface area (Å²) in [6.07, 6.45) is -0.565. The number of hydrogen-bond acceptors (Lipinski definition) is 3. The van der Waals surface area contributed by atoms with E-state index < -0.39 is 6.29 Å². The Bertz CT molecular complexity index is 776. The largest absolute Gasteiger partial charge is 0.463 e. The van der Waals surface area contributed by atoms with E-state index >= 15 is 0 Å². The highest BCUT2D eigenvalue weighted by molar-refractivity contribution is 9.10. The van der Waals surface area contributed by atoms with Crippen LogP contribution < -0.4 is 0 Å². The maximum absolute atomic E-state index is 10.1. The van der Waals surface area contributed by atoms with Gasteiger partial charge in [-0.15, -0.1) is 0 Å². The summed E-state index contributed by atoms with van der Waals surface area (Å²) >= 11 is 6.81. The van der Waals surface area contributed by atoms with Crippen LogP contribution in [0.1, 0.15) is 23.5 Å².